The number of aromatic nitrogens is 1. The number of methoxy groups -OCH3 is 1. The standard InChI is InChI=1S/C18H14BrN3O2S/c1-24-15-8-7-12(19)10-13(15)17(23)22-18(25)21-14-6-2-4-11-5-3-9-20-16(11)14/h2-10H,1H3,(H2,21,22,23,25). The first-order chi connectivity index (χ1) is 12.1. The van der Waals surface area contributed by atoms with Crippen LogP contribution in [0.5, 0.6) is 5.75 Å². The van der Waals surface area contributed by atoms with E-state index in [4.69, 9.17) is 17.0 Å². The van der Waals surface area contributed by atoms with Crippen LogP contribution >= 0.6 is 28.1 Å². The molecule has 25 heavy (non-hydrogen) atoms. The number of para-hydroxylation sites is 1. The Morgan fingerprint density at radius 2 is 2.00 bits per heavy atom. The molecule has 1 aromatic heterocycles. The van der Waals surface area contributed by atoms with Gasteiger partial charge >= 0.3 is 0 Å². The lowest BCUT2D eigenvalue weighted by atomic mass is 10.2. The summed E-state index contributed by atoms with van der Waals surface area (Å²) in [5, 5.41) is 6.85. The maximum atomic E-state index is 12.5. The zero-order valence-electron chi connectivity index (χ0n) is 13.2. The van der Waals surface area contributed by atoms with E-state index in [1.165, 1.54) is 7.11 Å². The van der Waals surface area contributed by atoms with Gasteiger partial charge in [0.15, 0.2) is 5.11 Å². The molecule has 126 valence electrons. The van der Waals surface area contributed by atoms with Crippen LogP contribution in [0.2, 0.25) is 0 Å². The van der Waals surface area contributed by atoms with Gasteiger partial charge in [-0.2, -0.15) is 0 Å². The van der Waals surface area contributed by atoms with Crippen molar-refractivity contribution >= 4 is 55.8 Å². The number of anilines is 1. The van der Waals surface area contributed by atoms with Crippen LogP contribution < -0.4 is 15.4 Å². The highest BCUT2D eigenvalue weighted by atomic mass is 79.9. The summed E-state index contributed by atoms with van der Waals surface area (Å²) in [6.45, 7) is 0. The van der Waals surface area contributed by atoms with Gasteiger partial charge in [-0.25, -0.2) is 0 Å². The summed E-state index contributed by atoms with van der Waals surface area (Å²) in [5.74, 6) is 0.110. The molecule has 0 saturated heterocycles. The number of thiocarbonyl (C=S) groups is 1. The fourth-order valence-corrected chi connectivity index (χ4v) is 2.95. The highest BCUT2D eigenvalue weighted by Gasteiger charge is 2.14. The lowest BCUT2D eigenvalue weighted by Crippen LogP contribution is -2.34. The number of carbonyl (C=O) groups is 1. The van der Waals surface area contributed by atoms with Crippen molar-refractivity contribution in [2.24, 2.45) is 0 Å². The molecule has 3 aromatic rings. The Morgan fingerprint density at radius 1 is 1.20 bits per heavy atom. The molecular formula is C18H14BrN3O2S. The molecule has 2 N–H and O–H groups in total. The summed E-state index contributed by atoms with van der Waals surface area (Å²) >= 11 is 8.61. The zero-order valence-corrected chi connectivity index (χ0v) is 15.6. The van der Waals surface area contributed by atoms with Gasteiger partial charge < -0.3 is 10.1 Å². The van der Waals surface area contributed by atoms with Crippen LogP contribution in [0.3, 0.4) is 0 Å². The van der Waals surface area contributed by atoms with Gasteiger partial charge in [0.05, 0.1) is 23.9 Å². The number of amides is 1. The monoisotopic (exact) mass is 415 g/mol. The van der Waals surface area contributed by atoms with E-state index in [1.54, 1.807) is 24.4 Å². The maximum absolute atomic E-state index is 12.5. The highest BCUT2D eigenvalue weighted by Crippen LogP contribution is 2.23. The molecule has 0 aliphatic carbocycles. The third kappa shape index (κ3) is 3.94. The molecule has 0 unspecified atom stereocenters. The van der Waals surface area contributed by atoms with E-state index in [0.29, 0.717) is 11.3 Å². The first-order valence-electron chi connectivity index (χ1n) is 7.38. The molecule has 0 fully saturated rings. The van der Waals surface area contributed by atoms with Gasteiger partial charge in [-0.05, 0) is 42.5 Å². The number of halogens is 1. The van der Waals surface area contributed by atoms with Gasteiger partial charge in [-0.15, -0.1) is 0 Å². The van der Waals surface area contributed by atoms with Gasteiger partial charge in [0, 0.05) is 16.1 Å². The first kappa shape index (κ1) is 17.3. The predicted molar refractivity (Wildman–Crippen MR) is 106 cm³/mol. The Balaban J connectivity index is 1.78. The number of carbonyl (C=O) groups excluding carboxylic acids is 1. The number of fused-ring (bicyclic) bond motifs is 1. The third-order valence-corrected chi connectivity index (χ3v) is 4.21. The summed E-state index contributed by atoms with van der Waals surface area (Å²) in [7, 11) is 1.51. The Hall–Kier alpha value is -2.51. The molecular weight excluding hydrogens is 402 g/mol. The molecule has 0 saturated carbocycles. The van der Waals surface area contributed by atoms with Gasteiger partial charge in [-0.3, -0.25) is 15.1 Å². The number of nitrogens with zero attached hydrogens (tertiary/aromatic N) is 1. The molecule has 0 bridgehead atoms. The minimum absolute atomic E-state index is 0.185. The number of pyridine rings is 1. The second-order valence-corrected chi connectivity index (χ2v) is 6.46. The van der Waals surface area contributed by atoms with Crippen molar-refractivity contribution < 1.29 is 9.53 Å². The van der Waals surface area contributed by atoms with E-state index in [-0.39, 0.29) is 11.0 Å². The van der Waals surface area contributed by atoms with Crippen LogP contribution in [-0.2, 0) is 0 Å². The number of ether oxygens (including phenoxy) is 1. The fourth-order valence-electron chi connectivity index (χ4n) is 2.39. The minimum Gasteiger partial charge on any atom is -0.496 e. The maximum Gasteiger partial charge on any atom is 0.261 e. The third-order valence-electron chi connectivity index (χ3n) is 3.51. The van der Waals surface area contributed by atoms with Gasteiger partial charge in [0.2, 0.25) is 0 Å². The summed E-state index contributed by atoms with van der Waals surface area (Å²) in [6, 6.07) is 14.7. The van der Waals surface area contributed by atoms with Crippen molar-refractivity contribution in [2.75, 3.05) is 12.4 Å². The summed E-state index contributed by atoms with van der Waals surface area (Å²) in [5.41, 5.74) is 1.89. The smallest absolute Gasteiger partial charge is 0.261 e. The van der Waals surface area contributed by atoms with Crippen molar-refractivity contribution in [3.05, 3.63) is 64.8 Å². The van der Waals surface area contributed by atoms with Gasteiger partial charge in [0.25, 0.3) is 5.91 Å². The van der Waals surface area contributed by atoms with Gasteiger partial charge in [-0.1, -0.05) is 34.1 Å². The molecule has 1 heterocycles. The van der Waals surface area contributed by atoms with E-state index in [1.807, 2.05) is 30.3 Å². The van der Waals surface area contributed by atoms with E-state index in [9.17, 15) is 4.79 Å². The molecule has 0 spiro atoms. The largest absolute Gasteiger partial charge is 0.496 e. The summed E-state index contributed by atoms with van der Waals surface area (Å²) < 4.78 is 6.00. The normalized spacial score (nSPS) is 10.3. The number of rotatable bonds is 3. The van der Waals surface area contributed by atoms with E-state index in [2.05, 4.69) is 31.5 Å². The lowest BCUT2D eigenvalue weighted by molar-refractivity contribution is 0.0974. The van der Waals surface area contributed by atoms with Crippen molar-refractivity contribution in [2.45, 2.75) is 0 Å². The second kappa shape index (κ2) is 7.58. The van der Waals surface area contributed by atoms with Crippen LogP contribution in [0.25, 0.3) is 10.9 Å². The van der Waals surface area contributed by atoms with Gasteiger partial charge in [0.1, 0.15) is 5.75 Å². The number of hydrogen-bond acceptors (Lipinski definition) is 4. The summed E-state index contributed by atoms with van der Waals surface area (Å²) in [4.78, 5) is 16.8. The highest BCUT2D eigenvalue weighted by molar-refractivity contribution is 9.10. The number of nitrogens with one attached hydrogen (secondary N) is 2. The molecule has 0 aliphatic rings. The molecule has 0 aliphatic heterocycles. The zero-order chi connectivity index (χ0) is 17.8. The fraction of sp³-hybridized carbons (Fsp3) is 0.0556. The van der Waals surface area contributed by atoms with Crippen LogP contribution in [-0.4, -0.2) is 23.1 Å². The van der Waals surface area contributed by atoms with Crippen molar-refractivity contribution in [3.63, 3.8) is 0 Å². The van der Waals surface area contributed by atoms with Crippen LogP contribution in [0.15, 0.2) is 59.2 Å². The first-order valence-corrected chi connectivity index (χ1v) is 8.58. The van der Waals surface area contributed by atoms with Crippen molar-refractivity contribution in [3.8, 4) is 5.75 Å². The van der Waals surface area contributed by atoms with Crippen LogP contribution in [0.1, 0.15) is 10.4 Å². The average Bonchev–Trinajstić information content (AvgIpc) is 2.62. The van der Waals surface area contributed by atoms with Crippen LogP contribution in [0, 0.1) is 0 Å². The Morgan fingerprint density at radius 3 is 2.80 bits per heavy atom. The summed E-state index contributed by atoms with van der Waals surface area (Å²) in [6.07, 6.45) is 1.71. The molecule has 5 nitrogen and oxygen atoms in total. The Bertz CT molecular complexity index is 957. The molecule has 3 rings (SSSR count). The van der Waals surface area contributed by atoms with E-state index >= 15 is 0 Å². The Labute approximate surface area is 158 Å². The molecule has 2 aromatic carbocycles. The van der Waals surface area contributed by atoms with Crippen molar-refractivity contribution in [1.29, 1.82) is 0 Å². The SMILES string of the molecule is COc1ccc(Br)cc1C(=O)NC(=S)Nc1cccc2cccnc12. The van der Waals surface area contributed by atoms with E-state index < -0.39 is 0 Å². The predicted octanol–water partition coefficient (Wildman–Crippen LogP) is 4.13. The lowest BCUT2D eigenvalue weighted by Gasteiger charge is -2.13. The van der Waals surface area contributed by atoms with Crippen LogP contribution in [0.4, 0.5) is 5.69 Å². The van der Waals surface area contributed by atoms with Crippen molar-refractivity contribution in [1.82, 2.24) is 10.3 Å². The van der Waals surface area contributed by atoms with E-state index in [0.717, 1.165) is 21.1 Å². The molecule has 7 heteroatoms. The quantitative estimate of drug-likeness (QED) is 0.629. The molecule has 0 atom stereocenters. The Kier molecular flexibility index (Phi) is 5.25. The topological polar surface area (TPSA) is 63.2 Å². The number of hydrogen-bond donors (Lipinski definition) is 2. The second-order valence-electron chi connectivity index (χ2n) is 5.13. The average molecular weight is 416 g/mol. The molecule has 0 radical (unpaired) electrons. The molecule has 1 amide bonds. The minimum atomic E-state index is -0.358. The number of benzene rings is 2.